The van der Waals surface area contributed by atoms with Gasteiger partial charge in [0.1, 0.15) is 5.75 Å². The minimum absolute atomic E-state index is 0.0250. The maximum Gasteiger partial charge on any atom is 0.235 e. The molecule has 4 N–H and O–H groups in total. The van der Waals surface area contributed by atoms with Gasteiger partial charge in [0.15, 0.2) is 34.7 Å². The Morgan fingerprint density at radius 1 is 1.12 bits per heavy atom. The Morgan fingerprint density at radius 3 is 2.32 bits per heavy atom. The molecule has 1 spiro atoms. The number of phenols is 1. The van der Waals surface area contributed by atoms with Crippen LogP contribution in [0.3, 0.4) is 0 Å². The number of likely N-dealkylation sites (N-methyl/N-ethyl adjacent to an activating group) is 1. The number of likely N-dealkylation sites (tertiary alicyclic amines) is 1. The van der Waals surface area contributed by atoms with E-state index in [-0.39, 0.29) is 29.6 Å². The van der Waals surface area contributed by atoms with Gasteiger partial charge >= 0.3 is 0 Å². The Labute approximate surface area is 237 Å². The van der Waals surface area contributed by atoms with Gasteiger partial charge in [0.05, 0.1) is 30.7 Å². The van der Waals surface area contributed by atoms with Crippen molar-refractivity contribution in [2.75, 3.05) is 59.4 Å². The molecule has 2 heterocycles. The molecule has 2 saturated heterocycles. The molecule has 12 heteroatoms. The number of amides is 1. The lowest BCUT2D eigenvalue weighted by Gasteiger charge is -2.55. The zero-order chi connectivity index (χ0) is 29.8. The maximum atomic E-state index is 14.1. The van der Waals surface area contributed by atoms with Crippen LogP contribution in [-0.4, -0.2) is 115 Å². The van der Waals surface area contributed by atoms with Crippen molar-refractivity contribution in [2.24, 2.45) is 34.8 Å². The first-order valence-electron chi connectivity index (χ1n) is 13.9. The Hall–Kier alpha value is -3.19. The number of hydrogen-bond acceptors (Lipinski definition) is 11. The number of ketones is 4. The summed E-state index contributed by atoms with van der Waals surface area (Å²) in [5.41, 5.74) is 4.74. The Kier molecular flexibility index (Phi) is 6.24. The third-order valence-electron chi connectivity index (χ3n) is 9.93. The van der Waals surface area contributed by atoms with E-state index in [0.717, 1.165) is 18.8 Å². The summed E-state index contributed by atoms with van der Waals surface area (Å²) in [6.45, 7) is 3.48. The summed E-state index contributed by atoms with van der Waals surface area (Å²) < 4.78 is 5.35. The standard InChI is InChI=1S/C29H36N4O8/c1-31(2)17-7-14(8-33-9-28(10-33)11-41-12-28)22(34)19-15(17)5-13-6-16-21(32(3)4)24(36)20(27(30)39)26(38)29(16,40)25(37)18(13)23(19)35/h7,13,16,18,20-21,34,40H,5-6,8-12H2,1-4H3,(H2,30,39)/t13-,16-,18?,20?,21-,29-/m0/s1. The molecule has 0 aromatic heterocycles. The van der Waals surface area contributed by atoms with Crippen molar-refractivity contribution < 1.29 is 38.9 Å². The average molecular weight is 569 g/mol. The predicted molar refractivity (Wildman–Crippen MR) is 144 cm³/mol. The minimum atomic E-state index is -2.73. The lowest BCUT2D eigenvalue weighted by atomic mass is 9.52. The molecule has 0 bridgehead atoms. The average Bonchev–Trinajstić information content (AvgIpc) is 2.82. The normalized spacial score (nSPS) is 34.0. The quantitative estimate of drug-likeness (QED) is 0.363. The van der Waals surface area contributed by atoms with Crippen LogP contribution in [-0.2, 0) is 36.9 Å². The number of carbonyl (C=O) groups is 5. The summed E-state index contributed by atoms with van der Waals surface area (Å²) in [5.74, 6) is -10.3. The van der Waals surface area contributed by atoms with Gasteiger partial charge in [0, 0.05) is 56.3 Å². The van der Waals surface area contributed by atoms with E-state index in [4.69, 9.17) is 10.5 Å². The van der Waals surface area contributed by atoms with E-state index in [1.165, 1.54) is 4.90 Å². The Bertz CT molecular complexity index is 1390. The summed E-state index contributed by atoms with van der Waals surface area (Å²) in [6.07, 6.45) is 0.258. The number of primary amides is 1. The van der Waals surface area contributed by atoms with E-state index in [0.29, 0.717) is 30.9 Å². The molecule has 3 aliphatic carbocycles. The van der Waals surface area contributed by atoms with Gasteiger partial charge in [-0.2, -0.15) is 0 Å². The first-order valence-corrected chi connectivity index (χ1v) is 13.9. The number of ether oxygens (including phenoxy) is 1. The summed E-state index contributed by atoms with van der Waals surface area (Å²) in [6, 6.07) is 0.750. The number of carbonyl (C=O) groups excluding carboxylic acids is 5. The van der Waals surface area contributed by atoms with Crippen LogP contribution in [0.1, 0.15) is 27.9 Å². The molecule has 4 fully saturated rings. The SMILES string of the molecule is CN(C)c1cc(CN2CC3(COC3)C2)c(O)c2c1C[C@H]1C[C@H]3[C@H](N(C)C)C(=O)C(C(N)=O)C(=O)[C@@]3(O)C(=O)C1C2=O. The van der Waals surface area contributed by atoms with Crippen molar-refractivity contribution in [2.45, 2.75) is 31.0 Å². The van der Waals surface area contributed by atoms with E-state index in [1.807, 2.05) is 25.1 Å². The number of nitrogens with zero attached hydrogens (tertiary/aromatic N) is 3. The van der Waals surface area contributed by atoms with Crippen LogP contribution in [0.15, 0.2) is 6.07 Å². The summed E-state index contributed by atoms with van der Waals surface area (Å²) >= 11 is 0. The van der Waals surface area contributed by atoms with E-state index in [2.05, 4.69) is 4.90 Å². The van der Waals surface area contributed by atoms with Gasteiger partial charge in [-0.1, -0.05) is 0 Å². The minimum Gasteiger partial charge on any atom is -0.507 e. The third-order valence-corrected chi connectivity index (χ3v) is 9.93. The fourth-order valence-corrected chi connectivity index (χ4v) is 8.05. The number of aliphatic hydroxyl groups is 1. The predicted octanol–water partition coefficient (Wildman–Crippen LogP) is -1.23. The highest BCUT2D eigenvalue weighted by Crippen LogP contribution is 2.52. The lowest BCUT2D eigenvalue weighted by Crippen LogP contribution is -2.74. The molecule has 1 aromatic carbocycles. The fraction of sp³-hybridized carbons (Fsp3) is 0.621. The molecule has 41 heavy (non-hydrogen) atoms. The van der Waals surface area contributed by atoms with Crippen molar-refractivity contribution in [3.05, 3.63) is 22.8 Å². The second kappa shape index (κ2) is 9.15. The molecule has 5 aliphatic rings. The first kappa shape index (κ1) is 28.0. The fourth-order valence-electron chi connectivity index (χ4n) is 8.05. The largest absolute Gasteiger partial charge is 0.507 e. The van der Waals surface area contributed by atoms with E-state index in [9.17, 15) is 34.2 Å². The van der Waals surface area contributed by atoms with Gasteiger partial charge in [-0.3, -0.25) is 33.8 Å². The van der Waals surface area contributed by atoms with E-state index >= 15 is 0 Å². The highest BCUT2D eigenvalue weighted by Gasteiger charge is 2.69. The van der Waals surface area contributed by atoms with E-state index in [1.54, 1.807) is 14.1 Å². The second-order valence-electron chi connectivity index (χ2n) is 13.1. The molecule has 2 unspecified atom stereocenters. The summed E-state index contributed by atoms with van der Waals surface area (Å²) in [5, 5.41) is 23.2. The van der Waals surface area contributed by atoms with Gasteiger partial charge in [0.25, 0.3) is 0 Å². The number of phenolic OH excluding ortho intramolecular Hbond substituents is 1. The molecule has 1 aromatic rings. The van der Waals surface area contributed by atoms with Crippen molar-refractivity contribution in [3.63, 3.8) is 0 Å². The van der Waals surface area contributed by atoms with Crippen molar-refractivity contribution in [3.8, 4) is 5.75 Å². The number of Topliss-reactive ketones (excluding diaryl/α,β-unsaturated/α-hetero) is 4. The number of anilines is 1. The monoisotopic (exact) mass is 568 g/mol. The van der Waals surface area contributed by atoms with Crippen molar-refractivity contribution in [1.29, 1.82) is 0 Å². The van der Waals surface area contributed by atoms with Gasteiger partial charge < -0.3 is 25.6 Å². The van der Waals surface area contributed by atoms with Crippen LogP contribution in [0.5, 0.6) is 5.75 Å². The molecule has 1 amide bonds. The molecule has 2 aliphatic heterocycles. The highest BCUT2D eigenvalue weighted by atomic mass is 16.5. The molecule has 2 saturated carbocycles. The van der Waals surface area contributed by atoms with Crippen LogP contribution in [0.4, 0.5) is 5.69 Å². The lowest BCUT2D eigenvalue weighted by molar-refractivity contribution is -0.191. The first-order chi connectivity index (χ1) is 19.2. The summed E-state index contributed by atoms with van der Waals surface area (Å²) in [4.78, 5) is 72.6. The highest BCUT2D eigenvalue weighted by molar-refractivity contribution is 6.32. The maximum absolute atomic E-state index is 14.1. The van der Waals surface area contributed by atoms with Crippen LogP contribution >= 0.6 is 0 Å². The van der Waals surface area contributed by atoms with Gasteiger partial charge in [0.2, 0.25) is 5.91 Å². The van der Waals surface area contributed by atoms with Crippen molar-refractivity contribution in [1.82, 2.24) is 9.80 Å². The van der Waals surface area contributed by atoms with Crippen LogP contribution in [0, 0.1) is 29.1 Å². The number of benzene rings is 1. The van der Waals surface area contributed by atoms with Crippen LogP contribution in [0.2, 0.25) is 0 Å². The molecular weight excluding hydrogens is 532 g/mol. The Morgan fingerprint density at radius 2 is 1.78 bits per heavy atom. The van der Waals surface area contributed by atoms with Crippen LogP contribution < -0.4 is 10.6 Å². The molecular formula is C29H36N4O8. The Balaban J connectivity index is 1.41. The number of aromatic hydroxyl groups is 1. The van der Waals surface area contributed by atoms with Crippen LogP contribution in [0.25, 0.3) is 0 Å². The molecule has 220 valence electrons. The van der Waals surface area contributed by atoms with Gasteiger partial charge in [-0.05, 0) is 44.5 Å². The zero-order valence-electron chi connectivity index (χ0n) is 23.7. The topological polar surface area (TPSA) is 171 Å². The molecule has 12 nitrogen and oxygen atoms in total. The van der Waals surface area contributed by atoms with Gasteiger partial charge in [-0.15, -0.1) is 0 Å². The zero-order valence-corrected chi connectivity index (χ0v) is 23.7. The number of nitrogens with two attached hydrogens (primary N) is 1. The van der Waals surface area contributed by atoms with Crippen molar-refractivity contribution >= 4 is 34.7 Å². The number of fused-ring (bicyclic) bond motifs is 3. The number of hydrogen-bond donors (Lipinski definition) is 3. The molecule has 6 atom stereocenters. The molecule has 6 rings (SSSR count). The van der Waals surface area contributed by atoms with Gasteiger partial charge in [-0.25, -0.2) is 0 Å². The van der Waals surface area contributed by atoms with E-state index < -0.39 is 64.4 Å². The summed E-state index contributed by atoms with van der Waals surface area (Å²) in [7, 11) is 6.81. The number of rotatable bonds is 5. The second-order valence-corrected chi connectivity index (χ2v) is 13.1. The molecule has 0 radical (unpaired) electrons. The smallest absolute Gasteiger partial charge is 0.235 e. The third kappa shape index (κ3) is 3.77.